The van der Waals surface area contributed by atoms with Gasteiger partial charge in [0.05, 0.1) is 5.69 Å². The highest BCUT2D eigenvalue weighted by molar-refractivity contribution is 6.98. The average Bonchev–Trinajstić information content (AvgIpc) is 3.28. The first-order valence-electron chi connectivity index (χ1n) is 21.8. The van der Waals surface area contributed by atoms with Crippen LogP contribution in [0.25, 0.3) is 43.8 Å². The van der Waals surface area contributed by atoms with Gasteiger partial charge in [-0.15, -0.1) is 0 Å². The normalized spacial score (nSPS) is 12.9. The van der Waals surface area contributed by atoms with Gasteiger partial charge in [0.25, 0.3) is 6.71 Å². The van der Waals surface area contributed by atoms with Gasteiger partial charge in [0.1, 0.15) is 23.0 Å². The second-order valence-electron chi connectivity index (χ2n) is 19.1. The summed E-state index contributed by atoms with van der Waals surface area (Å²) < 4.78 is 14.2. The molecule has 9 aromatic carbocycles. The van der Waals surface area contributed by atoms with E-state index in [2.05, 4.69) is 228 Å². The Morgan fingerprint density at radius 3 is 1.16 bits per heavy atom. The monoisotopic (exact) mass is 801 g/mol. The zero-order valence-corrected chi connectivity index (χ0v) is 36.2. The number of anilines is 3. The number of hydrogen-bond donors (Lipinski definition) is 0. The van der Waals surface area contributed by atoms with Crippen molar-refractivity contribution in [2.24, 2.45) is 0 Å². The Balaban J connectivity index is 1.09. The summed E-state index contributed by atoms with van der Waals surface area (Å²) in [6, 6.07) is 66.3. The topological polar surface area (TPSA) is 21.7 Å². The molecule has 2 aliphatic heterocycles. The lowest BCUT2D eigenvalue weighted by Gasteiger charge is -2.35. The second kappa shape index (κ2) is 14.3. The fourth-order valence-corrected chi connectivity index (χ4v) is 9.37. The Bertz CT molecular complexity index is 3000. The number of fused-ring (bicyclic) bond motifs is 6. The van der Waals surface area contributed by atoms with Crippen LogP contribution in [0.3, 0.4) is 0 Å². The Labute approximate surface area is 365 Å². The molecular weight excluding hydrogens is 753 g/mol. The molecule has 0 atom stereocenters. The van der Waals surface area contributed by atoms with E-state index in [1.54, 1.807) is 0 Å². The maximum Gasteiger partial charge on any atom is 0.260 e. The molecule has 0 amide bonds. The molecule has 0 aromatic heterocycles. The van der Waals surface area contributed by atoms with Crippen molar-refractivity contribution in [2.45, 2.75) is 52.4 Å². The summed E-state index contributed by atoms with van der Waals surface area (Å²) in [5.74, 6) is 3.33. The molecule has 0 aliphatic carbocycles. The first-order valence-corrected chi connectivity index (χ1v) is 21.8. The van der Waals surface area contributed by atoms with Crippen LogP contribution in [0.4, 0.5) is 17.1 Å². The molecule has 62 heavy (non-hydrogen) atoms. The molecule has 3 nitrogen and oxygen atoms in total. The van der Waals surface area contributed by atoms with Crippen LogP contribution in [0.15, 0.2) is 182 Å². The molecule has 0 spiro atoms. The van der Waals surface area contributed by atoms with E-state index in [1.165, 1.54) is 32.7 Å². The molecule has 2 aliphatic rings. The average molecular weight is 802 g/mol. The van der Waals surface area contributed by atoms with E-state index in [0.29, 0.717) is 0 Å². The minimum atomic E-state index is -0.0801. The molecule has 0 radical (unpaired) electrons. The lowest BCUT2D eigenvalue weighted by atomic mass is 9.34. The zero-order valence-electron chi connectivity index (χ0n) is 36.2. The quantitative estimate of drug-likeness (QED) is 0.162. The summed E-state index contributed by atoms with van der Waals surface area (Å²) in [5.41, 5.74) is 13.6. The van der Waals surface area contributed by atoms with Crippen LogP contribution in [0.2, 0.25) is 0 Å². The number of ether oxygens (including phenoxy) is 2. The van der Waals surface area contributed by atoms with Gasteiger partial charge in [-0.1, -0.05) is 163 Å². The van der Waals surface area contributed by atoms with Crippen LogP contribution in [0.5, 0.6) is 23.0 Å². The van der Waals surface area contributed by atoms with Gasteiger partial charge in [-0.2, -0.15) is 0 Å². The Morgan fingerprint density at radius 2 is 0.742 bits per heavy atom. The molecule has 9 aromatic rings. The third-order valence-corrected chi connectivity index (χ3v) is 12.9. The number of nitrogens with zero attached hydrogens (tertiary/aromatic N) is 1. The van der Waals surface area contributed by atoms with Gasteiger partial charge < -0.3 is 14.4 Å². The van der Waals surface area contributed by atoms with Crippen LogP contribution in [0.1, 0.15) is 52.7 Å². The molecule has 0 saturated carbocycles. The zero-order chi connectivity index (χ0) is 42.3. The molecular formula is C58H48BNO2. The third-order valence-electron chi connectivity index (χ3n) is 12.9. The number of rotatable bonds is 5. The smallest absolute Gasteiger partial charge is 0.260 e. The summed E-state index contributed by atoms with van der Waals surface area (Å²) in [6.07, 6.45) is 0. The van der Waals surface area contributed by atoms with Crippen LogP contribution >= 0.6 is 0 Å². The van der Waals surface area contributed by atoms with Crippen LogP contribution < -0.4 is 30.8 Å². The van der Waals surface area contributed by atoms with Crippen molar-refractivity contribution in [3.63, 3.8) is 0 Å². The minimum Gasteiger partial charge on any atom is -0.458 e. The third kappa shape index (κ3) is 6.62. The van der Waals surface area contributed by atoms with E-state index in [9.17, 15) is 0 Å². The van der Waals surface area contributed by atoms with E-state index in [0.717, 1.165) is 78.7 Å². The number of hydrogen-bond acceptors (Lipinski definition) is 3. The fraction of sp³-hybridized carbons (Fsp3) is 0.138. The number of benzene rings is 9. The Hall–Kier alpha value is -7.04. The lowest BCUT2D eigenvalue weighted by molar-refractivity contribution is 0.465. The minimum absolute atomic E-state index is 0.0303. The van der Waals surface area contributed by atoms with Crippen molar-refractivity contribution in [3.8, 4) is 45.3 Å². The summed E-state index contributed by atoms with van der Waals surface area (Å²) in [5, 5.41) is 4.89. The Morgan fingerprint density at radius 1 is 0.355 bits per heavy atom. The van der Waals surface area contributed by atoms with Crippen molar-refractivity contribution >= 4 is 61.7 Å². The van der Waals surface area contributed by atoms with Crippen LogP contribution in [-0.2, 0) is 10.8 Å². The second-order valence-corrected chi connectivity index (χ2v) is 19.1. The molecule has 11 rings (SSSR count). The predicted molar refractivity (Wildman–Crippen MR) is 262 cm³/mol. The summed E-state index contributed by atoms with van der Waals surface area (Å²) >= 11 is 0. The van der Waals surface area contributed by atoms with Gasteiger partial charge in [0, 0.05) is 29.0 Å². The van der Waals surface area contributed by atoms with Crippen molar-refractivity contribution in [1.29, 1.82) is 0 Å². The molecule has 0 unspecified atom stereocenters. The Kier molecular flexibility index (Phi) is 8.74. The maximum absolute atomic E-state index is 7.11. The summed E-state index contributed by atoms with van der Waals surface area (Å²) in [6.45, 7) is 13.5. The van der Waals surface area contributed by atoms with Gasteiger partial charge in [-0.25, -0.2) is 0 Å². The predicted octanol–water partition coefficient (Wildman–Crippen LogP) is 14.1. The van der Waals surface area contributed by atoms with Crippen molar-refractivity contribution in [1.82, 2.24) is 0 Å². The van der Waals surface area contributed by atoms with Crippen LogP contribution in [0, 0.1) is 0 Å². The van der Waals surface area contributed by atoms with E-state index >= 15 is 0 Å². The molecule has 0 bridgehead atoms. The molecule has 2 heterocycles. The first-order chi connectivity index (χ1) is 29.9. The molecule has 0 N–H and O–H groups in total. The van der Waals surface area contributed by atoms with Gasteiger partial charge >= 0.3 is 0 Å². The molecule has 0 fully saturated rings. The molecule has 300 valence electrons. The van der Waals surface area contributed by atoms with Gasteiger partial charge in [0.15, 0.2) is 0 Å². The summed E-state index contributed by atoms with van der Waals surface area (Å²) in [4.78, 5) is 2.33. The van der Waals surface area contributed by atoms with Crippen molar-refractivity contribution in [3.05, 3.63) is 193 Å². The highest BCUT2D eigenvalue weighted by Gasteiger charge is 2.41. The molecule has 0 saturated heterocycles. The summed E-state index contributed by atoms with van der Waals surface area (Å²) in [7, 11) is 0. The lowest BCUT2D eigenvalue weighted by Crippen LogP contribution is -2.57. The highest BCUT2D eigenvalue weighted by Crippen LogP contribution is 2.44. The first kappa shape index (κ1) is 37.9. The van der Waals surface area contributed by atoms with Crippen molar-refractivity contribution < 1.29 is 9.47 Å². The van der Waals surface area contributed by atoms with E-state index in [1.807, 2.05) is 0 Å². The fourth-order valence-electron chi connectivity index (χ4n) is 9.37. The largest absolute Gasteiger partial charge is 0.458 e. The van der Waals surface area contributed by atoms with E-state index < -0.39 is 0 Å². The van der Waals surface area contributed by atoms with Gasteiger partial charge in [-0.05, 0) is 125 Å². The van der Waals surface area contributed by atoms with E-state index in [4.69, 9.17) is 9.47 Å². The molecule has 4 heteroatoms. The van der Waals surface area contributed by atoms with E-state index in [-0.39, 0.29) is 17.5 Å². The maximum atomic E-state index is 7.11. The highest BCUT2D eigenvalue weighted by atomic mass is 16.5. The van der Waals surface area contributed by atoms with Crippen LogP contribution in [-0.4, -0.2) is 6.71 Å². The standard InChI is InChI=1S/C58H48BNO2/c1-57(2,3)45-21-25-47(26-22-45)60(48-27-23-46(24-28-48)58(4,5)6)49-35-54-56-55(36-49)62-53-34-44(42-18-16-38-12-8-10-14-40(38)32-42)20-30-51(53)59(56)50-29-19-43(33-52(50)61-54)41-17-15-37-11-7-9-13-39(37)31-41/h7-36H,1-6H3. The van der Waals surface area contributed by atoms with Crippen molar-refractivity contribution in [2.75, 3.05) is 4.90 Å². The van der Waals surface area contributed by atoms with Gasteiger partial charge in [0.2, 0.25) is 0 Å². The SMILES string of the molecule is CC(C)(C)c1ccc(N(c2ccc(C(C)(C)C)cc2)c2cc3c4c(c2)Oc2cc(-c5ccc6ccccc6c5)ccc2B4c2ccc(-c4ccc5ccccc5c4)cc2O3)cc1. The van der Waals surface area contributed by atoms with Gasteiger partial charge in [-0.3, -0.25) is 0 Å².